The molecule has 3 heteroatoms. The molecule has 1 rings (SSSR count). The van der Waals surface area contributed by atoms with Crippen LogP contribution >= 0.6 is 0 Å². The molecule has 0 radical (unpaired) electrons. The summed E-state index contributed by atoms with van der Waals surface area (Å²) < 4.78 is 0. The summed E-state index contributed by atoms with van der Waals surface area (Å²) in [4.78, 5) is 13.0. The molecule has 3 nitrogen and oxygen atoms in total. The molecule has 0 saturated heterocycles. The number of carbonyl (C=O) groups is 1. The van der Waals surface area contributed by atoms with Crippen LogP contribution in [0, 0.1) is 13.8 Å². The number of likely N-dealkylation sites (N-methyl/N-ethyl adjacent to an activating group) is 1. The van der Waals surface area contributed by atoms with Crippen molar-refractivity contribution in [2.45, 2.75) is 39.8 Å². The van der Waals surface area contributed by atoms with Crippen LogP contribution in [-0.4, -0.2) is 28.6 Å². The van der Waals surface area contributed by atoms with Gasteiger partial charge < -0.3 is 5.11 Å². The first kappa shape index (κ1) is 13.7. The second-order valence-electron chi connectivity index (χ2n) is 5.08. The van der Waals surface area contributed by atoms with Gasteiger partial charge in [-0.3, -0.25) is 9.69 Å². The van der Waals surface area contributed by atoms with Gasteiger partial charge in [0.1, 0.15) is 5.54 Å². The lowest BCUT2D eigenvalue weighted by Crippen LogP contribution is -2.47. The molecule has 0 unspecified atom stereocenters. The van der Waals surface area contributed by atoms with E-state index < -0.39 is 11.5 Å². The van der Waals surface area contributed by atoms with Crippen LogP contribution in [0.1, 0.15) is 30.5 Å². The highest BCUT2D eigenvalue weighted by Gasteiger charge is 2.31. The summed E-state index contributed by atoms with van der Waals surface area (Å²) in [5.74, 6) is -0.801. The molecule has 0 aliphatic rings. The molecule has 17 heavy (non-hydrogen) atoms. The number of carboxylic acid groups (broad SMARTS) is 1. The third-order valence-electron chi connectivity index (χ3n) is 3.60. The van der Waals surface area contributed by atoms with E-state index in [9.17, 15) is 9.90 Å². The van der Waals surface area contributed by atoms with Gasteiger partial charge in [0.15, 0.2) is 0 Å². The Bertz CT molecular complexity index is 424. The second kappa shape index (κ2) is 4.88. The standard InChI is InChI=1S/C14H21NO2/c1-10-7-6-8-12(11(10)2)9-15(5)14(3,4)13(16)17/h6-8H,9H2,1-5H3,(H,16,17). The number of hydrogen-bond acceptors (Lipinski definition) is 2. The number of carboxylic acids is 1. The second-order valence-corrected chi connectivity index (χ2v) is 5.08. The summed E-state index contributed by atoms with van der Waals surface area (Å²) in [6.45, 7) is 8.24. The van der Waals surface area contributed by atoms with Crippen LogP contribution in [0.2, 0.25) is 0 Å². The molecule has 0 spiro atoms. The van der Waals surface area contributed by atoms with Gasteiger partial charge in [-0.05, 0) is 51.4 Å². The van der Waals surface area contributed by atoms with Gasteiger partial charge in [0.05, 0.1) is 0 Å². The van der Waals surface area contributed by atoms with Gasteiger partial charge in [-0.25, -0.2) is 0 Å². The zero-order valence-corrected chi connectivity index (χ0v) is 11.2. The number of nitrogens with zero attached hydrogens (tertiary/aromatic N) is 1. The van der Waals surface area contributed by atoms with Gasteiger partial charge in [0.25, 0.3) is 0 Å². The quantitative estimate of drug-likeness (QED) is 0.872. The zero-order chi connectivity index (χ0) is 13.2. The van der Waals surface area contributed by atoms with E-state index in [1.165, 1.54) is 16.7 Å². The lowest BCUT2D eigenvalue weighted by Gasteiger charge is -2.32. The molecule has 1 aromatic carbocycles. The summed E-state index contributed by atoms with van der Waals surface area (Å²) >= 11 is 0. The lowest BCUT2D eigenvalue weighted by molar-refractivity contribution is -0.148. The summed E-state index contributed by atoms with van der Waals surface area (Å²) in [5.41, 5.74) is 2.81. The summed E-state index contributed by atoms with van der Waals surface area (Å²) in [6, 6.07) is 6.14. The summed E-state index contributed by atoms with van der Waals surface area (Å²) in [6.07, 6.45) is 0. The third kappa shape index (κ3) is 2.86. The minimum atomic E-state index is -0.851. The summed E-state index contributed by atoms with van der Waals surface area (Å²) in [5, 5.41) is 9.17. The fourth-order valence-electron chi connectivity index (χ4n) is 1.60. The maximum Gasteiger partial charge on any atom is 0.323 e. The Hall–Kier alpha value is -1.35. The van der Waals surface area contributed by atoms with E-state index in [-0.39, 0.29) is 0 Å². The van der Waals surface area contributed by atoms with Gasteiger partial charge in [0, 0.05) is 6.54 Å². The Balaban J connectivity index is 2.92. The number of hydrogen-bond donors (Lipinski definition) is 1. The van der Waals surface area contributed by atoms with Gasteiger partial charge in [-0.2, -0.15) is 0 Å². The zero-order valence-electron chi connectivity index (χ0n) is 11.2. The molecule has 0 amide bonds. The van der Waals surface area contributed by atoms with Crippen molar-refractivity contribution in [1.29, 1.82) is 0 Å². The topological polar surface area (TPSA) is 40.5 Å². The van der Waals surface area contributed by atoms with E-state index in [0.717, 1.165) is 0 Å². The number of rotatable bonds is 4. The normalized spacial score (nSPS) is 11.9. The molecule has 1 aromatic rings. The van der Waals surface area contributed by atoms with Crippen molar-refractivity contribution in [3.8, 4) is 0 Å². The predicted molar refractivity (Wildman–Crippen MR) is 69.1 cm³/mol. The molecular weight excluding hydrogens is 214 g/mol. The van der Waals surface area contributed by atoms with Gasteiger partial charge >= 0.3 is 5.97 Å². The monoisotopic (exact) mass is 235 g/mol. The molecule has 0 aliphatic carbocycles. The highest BCUT2D eigenvalue weighted by Crippen LogP contribution is 2.19. The van der Waals surface area contributed by atoms with E-state index in [1.54, 1.807) is 13.8 Å². The Morgan fingerprint density at radius 1 is 1.35 bits per heavy atom. The lowest BCUT2D eigenvalue weighted by atomic mass is 9.99. The van der Waals surface area contributed by atoms with E-state index >= 15 is 0 Å². The minimum Gasteiger partial charge on any atom is -0.480 e. The Morgan fingerprint density at radius 2 is 1.94 bits per heavy atom. The largest absolute Gasteiger partial charge is 0.480 e. The molecule has 0 bridgehead atoms. The van der Waals surface area contributed by atoms with Crippen molar-refractivity contribution in [1.82, 2.24) is 4.90 Å². The molecule has 0 heterocycles. The van der Waals surface area contributed by atoms with Gasteiger partial charge in [-0.1, -0.05) is 18.2 Å². The molecule has 0 saturated carbocycles. The van der Waals surface area contributed by atoms with Crippen molar-refractivity contribution in [3.63, 3.8) is 0 Å². The average Bonchev–Trinajstić information content (AvgIpc) is 2.24. The molecule has 94 valence electrons. The van der Waals surface area contributed by atoms with Crippen molar-refractivity contribution in [3.05, 3.63) is 34.9 Å². The van der Waals surface area contributed by atoms with Crippen LogP contribution in [0.4, 0.5) is 0 Å². The van der Waals surface area contributed by atoms with E-state index in [2.05, 4.69) is 26.0 Å². The van der Waals surface area contributed by atoms with E-state index in [1.807, 2.05) is 18.0 Å². The third-order valence-corrected chi connectivity index (χ3v) is 3.60. The van der Waals surface area contributed by atoms with Crippen LogP contribution in [0.5, 0.6) is 0 Å². The van der Waals surface area contributed by atoms with Crippen molar-refractivity contribution in [2.75, 3.05) is 7.05 Å². The van der Waals surface area contributed by atoms with Crippen LogP contribution in [-0.2, 0) is 11.3 Å². The number of aryl methyl sites for hydroxylation is 1. The summed E-state index contributed by atoms with van der Waals surface area (Å²) in [7, 11) is 1.84. The van der Waals surface area contributed by atoms with E-state index in [0.29, 0.717) is 6.54 Å². The van der Waals surface area contributed by atoms with Crippen molar-refractivity contribution >= 4 is 5.97 Å². The van der Waals surface area contributed by atoms with Crippen LogP contribution < -0.4 is 0 Å². The maximum absolute atomic E-state index is 11.2. The van der Waals surface area contributed by atoms with Crippen molar-refractivity contribution in [2.24, 2.45) is 0 Å². The van der Waals surface area contributed by atoms with Crippen LogP contribution in [0.25, 0.3) is 0 Å². The first-order chi connectivity index (χ1) is 7.76. The Kier molecular flexibility index (Phi) is 3.94. The molecule has 0 atom stereocenters. The minimum absolute atomic E-state index is 0.646. The average molecular weight is 235 g/mol. The van der Waals surface area contributed by atoms with E-state index in [4.69, 9.17) is 0 Å². The van der Waals surface area contributed by atoms with Gasteiger partial charge in [0.2, 0.25) is 0 Å². The smallest absolute Gasteiger partial charge is 0.323 e. The highest BCUT2D eigenvalue weighted by atomic mass is 16.4. The SMILES string of the molecule is Cc1cccc(CN(C)C(C)(C)C(=O)O)c1C. The predicted octanol–water partition coefficient (Wildman–Crippen LogP) is 2.60. The maximum atomic E-state index is 11.2. The highest BCUT2D eigenvalue weighted by molar-refractivity contribution is 5.77. The first-order valence-corrected chi connectivity index (χ1v) is 5.76. The molecule has 0 aliphatic heterocycles. The fraction of sp³-hybridized carbons (Fsp3) is 0.500. The molecule has 1 N–H and O–H groups in total. The van der Waals surface area contributed by atoms with Crippen LogP contribution in [0.15, 0.2) is 18.2 Å². The molecule has 0 fully saturated rings. The Morgan fingerprint density at radius 3 is 2.47 bits per heavy atom. The molecule has 0 aromatic heterocycles. The fourth-order valence-corrected chi connectivity index (χ4v) is 1.60. The first-order valence-electron chi connectivity index (χ1n) is 5.76. The van der Waals surface area contributed by atoms with Crippen molar-refractivity contribution < 1.29 is 9.90 Å². The van der Waals surface area contributed by atoms with Crippen LogP contribution in [0.3, 0.4) is 0 Å². The number of aliphatic carboxylic acids is 1. The Labute approximate surface area is 103 Å². The number of benzene rings is 1. The molecular formula is C14H21NO2. The van der Waals surface area contributed by atoms with Gasteiger partial charge in [-0.15, -0.1) is 0 Å².